The Morgan fingerprint density at radius 3 is 1.82 bits per heavy atom. The zero-order chi connectivity index (χ0) is 23.8. The lowest BCUT2D eigenvalue weighted by Gasteiger charge is -2.38. The molecule has 1 aliphatic heterocycles. The number of hydrogen-bond acceptors (Lipinski definition) is 2. The third-order valence-electron chi connectivity index (χ3n) is 8.34. The van der Waals surface area contributed by atoms with Gasteiger partial charge in [0.1, 0.15) is 0 Å². The van der Waals surface area contributed by atoms with Gasteiger partial charge in [0, 0.05) is 11.5 Å². The van der Waals surface area contributed by atoms with Gasteiger partial charge >= 0.3 is 0 Å². The van der Waals surface area contributed by atoms with Crippen molar-refractivity contribution in [2.45, 2.75) is 103 Å². The topological polar surface area (TPSA) is 18.5 Å². The van der Waals surface area contributed by atoms with Crippen LogP contribution in [0.5, 0.6) is 0 Å². The van der Waals surface area contributed by atoms with Crippen LogP contribution in [-0.4, -0.2) is 13.2 Å². The van der Waals surface area contributed by atoms with Crippen LogP contribution < -0.4 is 0 Å². The summed E-state index contributed by atoms with van der Waals surface area (Å²) in [5.41, 5.74) is 5.19. The van der Waals surface area contributed by atoms with E-state index in [0.717, 1.165) is 30.6 Å². The Labute approximate surface area is 208 Å². The summed E-state index contributed by atoms with van der Waals surface area (Å²) in [6, 6.07) is 18.1. The molecule has 2 fully saturated rings. The van der Waals surface area contributed by atoms with Crippen LogP contribution >= 0.6 is 0 Å². The fraction of sp³-hybridized carbons (Fsp3) is 0.625. The average Bonchev–Trinajstić information content (AvgIpc) is 2.89. The van der Waals surface area contributed by atoms with E-state index in [0.29, 0.717) is 5.92 Å². The van der Waals surface area contributed by atoms with Gasteiger partial charge in [0.2, 0.25) is 0 Å². The highest BCUT2D eigenvalue weighted by atomic mass is 16.7. The highest BCUT2D eigenvalue weighted by molar-refractivity contribution is 5.64. The van der Waals surface area contributed by atoms with E-state index in [2.05, 4.69) is 69.3 Å². The molecule has 186 valence electrons. The lowest BCUT2D eigenvalue weighted by atomic mass is 9.77. The van der Waals surface area contributed by atoms with Crippen molar-refractivity contribution >= 4 is 0 Å². The van der Waals surface area contributed by atoms with Gasteiger partial charge in [-0.25, -0.2) is 0 Å². The molecule has 2 aromatic rings. The third kappa shape index (κ3) is 6.52. The Morgan fingerprint density at radius 2 is 1.24 bits per heavy atom. The maximum Gasteiger partial charge on any atom is 0.191 e. The number of rotatable bonds is 10. The van der Waals surface area contributed by atoms with Crippen molar-refractivity contribution in [3.8, 4) is 11.1 Å². The maximum atomic E-state index is 6.20. The minimum absolute atomic E-state index is 0.530. The smallest absolute Gasteiger partial charge is 0.191 e. The van der Waals surface area contributed by atoms with Gasteiger partial charge in [-0.1, -0.05) is 101 Å². The molecule has 0 unspecified atom stereocenters. The first kappa shape index (κ1) is 25.5. The predicted octanol–water partition coefficient (Wildman–Crippen LogP) is 9.23. The summed E-state index contributed by atoms with van der Waals surface area (Å²) in [7, 11) is 0. The lowest BCUT2D eigenvalue weighted by molar-refractivity contribution is -0.282. The zero-order valence-corrected chi connectivity index (χ0v) is 21.9. The second kappa shape index (κ2) is 12.4. The molecule has 0 spiro atoms. The van der Waals surface area contributed by atoms with Crippen LogP contribution in [-0.2, 0) is 15.3 Å². The molecule has 34 heavy (non-hydrogen) atoms. The van der Waals surface area contributed by atoms with Gasteiger partial charge in [-0.2, -0.15) is 0 Å². The SMILES string of the molecule is CCCCC[C@H]1CC[C@H](c2ccc(-c3ccc([C@]4(C)OC[C@@H](CCCC)CO4)cc3)cc2)CC1. The van der Waals surface area contributed by atoms with E-state index in [1.807, 2.05) is 0 Å². The molecule has 0 radical (unpaired) electrons. The summed E-state index contributed by atoms with van der Waals surface area (Å²) >= 11 is 0. The van der Waals surface area contributed by atoms with Crippen molar-refractivity contribution in [1.82, 2.24) is 0 Å². The van der Waals surface area contributed by atoms with E-state index in [-0.39, 0.29) is 0 Å². The molecule has 0 bridgehead atoms. The largest absolute Gasteiger partial charge is 0.346 e. The molecule has 0 aromatic heterocycles. The van der Waals surface area contributed by atoms with E-state index in [1.54, 1.807) is 0 Å². The van der Waals surface area contributed by atoms with Crippen LogP contribution in [0.2, 0.25) is 0 Å². The molecule has 1 heterocycles. The molecule has 0 N–H and O–H groups in total. The highest BCUT2D eigenvalue weighted by Gasteiger charge is 2.34. The number of ether oxygens (including phenoxy) is 2. The van der Waals surface area contributed by atoms with Gasteiger partial charge in [0.15, 0.2) is 5.79 Å². The van der Waals surface area contributed by atoms with Gasteiger partial charge in [0.25, 0.3) is 0 Å². The minimum Gasteiger partial charge on any atom is -0.346 e. The van der Waals surface area contributed by atoms with Gasteiger partial charge in [-0.3, -0.25) is 0 Å². The summed E-state index contributed by atoms with van der Waals surface area (Å²) in [6.07, 6.45) is 14.9. The van der Waals surface area contributed by atoms with Crippen molar-refractivity contribution in [2.24, 2.45) is 11.8 Å². The second-order valence-electron chi connectivity index (χ2n) is 11.0. The van der Waals surface area contributed by atoms with Crippen LogP contribution in [0.15, 0.2) is 48.5 Å². The number of hydrogen-bond donors (Lipinski definition) is 0. The normalized spacial score (nSPS) is 27.6. The average molecular weight is 463 g/mol. The van der Waals surface area contributed by atoms with Crippen LogP contribution in [0.3, 0.4) is 0 Å². The Hall–Kier alpha value is -1.64. The van der Waals surface area contributed by atoms with E-state index < -0.39 is 5.79 Å². The molecular formula is C32H46O2. The van der Waals surface area contributed by atoms with Crippen molar-refractivity contribution in [2.75, 3.05) is 13.2 Å². The Bertz CT molecular complexity index is 838. The molecule has 2 heteroatoms. The van der Waals surface area contributed by atoms with Crippen LogP contribution in [0.4, 0.5) is 0 Å². The lowest BCUT2D eigenvalue weighted by Crippen LogP contribution is -2.39. The minimum atomic E-state index is -0.625. The first-order valence-corrected chi connectivity index (χ1v) is 14.1. The third-order valence-corrected chi connectivity index (χ3v) is 8.34. The summed E-state index contributed by atoms with van der Waals surface area (Å²) in [5, 5.41) is 0. The highest BCUT2D eigenvalue weighted by Crippen LogP contribution is 2.39. The molecule has 2 nitrogen and oxygen atoms in total. The van der Waals surface area contributed by atoms with E-state index >= 15 is 0 Å². The van der Waals surface area contributed by atoms with Crippen molar-refractivity contribution in [3.05, 3.63) is 59.7 Å². The van der Waals surface area contributed by atoms with Gasteiger partial charge in [-0.05, 0) is 67.6 Å². The predicted molar refractivity (Wildman–Crippen MR) is 143 cm³/mol. The van der Waals surface area contributed by atoms with Crippen LogP contribution in [0.25, 0.3) is 11.1 Å². The summed E-state index contributed by atoms with van der Waals surface area (Å²) in [5.74, 6) is 1.63. The summed E-state index contributed by atoms with van der Waals surface area (Å²) in [4.78, 5) is 0. The van der Waals surface area contributed by atoms with Crippen molar-refractivity contribution in [1.29, 1.82) is 0 Å². The number of unbranched alkanes of at least 4 members (excludes halogenated alkanes) is 3. The Morgan fingerprint density at radius 1 is 0.676 bits per heavy atom. The van der Waals surface area contributed by atoms with Gasteiger partial charge in [-0.15, -0.1) is 0 Å². The maximum absolute atomic E-state index is 6.20. The first-order valence-electron chi connectivity index (χ1n) is 14.1. The molecular weight excluding hydrogens is 416 g/mol. The number of benzene rings is 2. The van der Waals surface area contributed by atoms with Gasteiger partial charge < -0.3 is 9.47 Å². The monoisotopic (exact) mass is 462 g/mol. The van der Waals surface area contributed by atoms with E-state index in [1.165, 1.54) is 87.3 Å². The van der Waals surface area contributed by atoms with E-state index in [4.69, 9.17) is 9.47 Å². The molecule has 2 aromatic carbocycles. The molecule has 0 amide bonds. The van der Waals surface area contributed by atoms with Crippen molar-refractivity contribution in [3.63, 3.8) is 0 Å². The Kier molecular flexibility index (Phi) is 9.25. The van der Waals surface area contributed by atoms with Gasteiger partial charge in [0.05, 0.1) is 13.2 Å². The molecule has 1 saturated carbocycles. The molecule has 2 aliphatic rings. The Balaban J connectivity index is 1.31. The molecule has 1 saturated heterocycles. The van der Waals surface area contributed by atoms with E-state index in [9.17, 15) is 0 Å². The summed E-state index contributed by atoms with van der Waals surface area (Å²) in [6.45, 7) is 8.19. The first-order chi connectivity index (χ1) is 16.6. The fourth-order valence-corrected chi connectivity index (χ4v) is 5.85. The standard InChI is InChI=1S/C32H46O2/c1-4-6-8-10-25-11-13-27(14-12-25)28-15-17-29(18-16-28)30-19-21-31(22-20-30)32(3)33-23-26(24-34-32)9-7-5-2/h15-22,25-27H,4-14,23-24H2,1-3H3/t25-,26-,27-,32-. The fourth-order valence-electron chi connectivity index (χ4n) is 5.85. The van der Waals surface area contributed by atoms with Crippen molar-refractivity contribution < 1.29 is 9.47 Å². The zero-order valence-electron chi connectivity index (χ0n) is 21.9. The van der Waals surface area contributed by atoms with Crippen LogP contribution in [0.1, 0.15) is 108 Å². The quantitative estimate of drug-likeness (QED) is 0.328. The molecule has 0 atom stereocenters. The molecule has 1 aliphatic carbocycles. The summed E-state index contributed by atoms with van der Waals surface area (Å²) < 4.78 is 12.4. The second-order valence-corrected chi connectivity index (χ2v) is 11.0. The molecule has 4 rings (SSSR count). The van der Waals surface area contributed by atoms with Crippen LogP contribution in [0, 0.1) is 11.8 Å².